The van der Waals surface area contributed by atoms with Gasteiger partial charge in [-0.25, -0.2) is 0 Å². The van der Waals surface area contributed by atoms with Crippen molar-refractivity contribution in [3.05, 3.63) is 93.2 Å². The number of likely N-dealkylation sites (tertiary alicyclic amines) is 1. The summed E-state index contributed by atoms with van der Waals surface area (Å²) in [5, 5.41) is 13.2. The standard InChI is InChI=1S/C29H32N2O4S/c1-4-30(5-2)16-17-31-26(24-11-8-18-36-24)25(28(33)29(31)34)27(32)21-12-14-23(15-13-21)35-19-22-10-7-6-9-20(22)3/h6-15,18,26,32H,4-5,16-17,19H2,1-3H3. The minimum Gasteiger partial charge on any atom is -0.507 e. The largest absolute Gasteiger partial charge is 0.507 e. The van der Waals surface area contributed by atoms with Crippen molar-refractivity contribution in [3.8, 4) is 5.75 Å². The van der Waals surface area contributed by atoms with Crippen molar-refractivity contribution in [2.75, 3.05) is 26.2 Å². The van der Waals surface area contributed by atoms with Crippen molar-refractivity contribution < 1.29 is 19.4 Å². The molecule has 2 aromatic carbocycles. The van der Waals surface area contributed by atoms with E-state index in [2.05, 4.69) is 18.7 Å². The highest BCUT2D eigenvalue weighted by molar-refractivity contribution is 7.10. The number of aryl methyl sites for hydroxylation is 1. The zero-order valence-corrected chi connectivity index (χ0v) is 21.8. The van der Waals surface area contributed by atoms with Gasteiger partial charge in [-0.2, -0.15) is 0 Å². The highest BCUT2D eigenvalue weighted by Gasteiger charge is 2.46. The number of Topliss-reactive ketones (excluding diaryl/α,β-unsaturated/α-hetero) is 1. The maximum atomic E-state index is 13.1. The highest BCUT2D eigenvalue weighted by atomic mass is 32.1. The first kappa shape index (κ1) is 25.7. The highest BCUT2D eigenvalue weighted by Crippen LogP contribution is 2.41. The molecule has 1 amide bonds. The third-order valence-electron chi connectivity index (χ3n) is 6.69. The number of likely N-dealkylation sites (N-methyl/N-ethyl adjacent to an activating group) is 1. The number of ketones is 1. The first-order valence-corrected chi connectivity index (χ1v) is 13.1. The molecule has 0 spiro atoms. The van der Waals surface area contributed by atoms with Gasteiger partial charge in [-0.3, -0.25) is 9.59 Å². The van der Waals surface area contributed by atoms with Gasteiger partial charge < -0.3 is 19.6 Å². The molecule has 188 valence electrons. The molecule has 0 saturated carbocycles. The van der Waals surface area contributed by atoms with Crippen molar-refractivity contribution in [3.63, 3.8) is 0 Å². The molecule has 6 nitrogen and oxygen atoms in total. The second-order valence-electron chi connectivity index (χ2n) is 8.77. The Labute approximate surface area is 216 Å². The average molecular weight is 505 g/mol. The van der Waals surface area contributed by atoms with Crippen molar-refractivity contribution in [2.45, 2.75) is 33.4 Å². The Morgan fingerprint density at radius 3 is 2.39 bits per heavy atom. The maximum Gasteiger partial charge on any atom is 0.295 e. The van der Waals surface area contributed by atoms with Gasteiger partial charge in [0.15, 0.2) is 0 Å². The SMILES string of the molecule is CCN(CC)CCN1C(=O)C(=O)C(=C(O)c2ccc(OCc3ccccc3C)cc2)C1c1cccs1. The summed E-state index contributed by atoms with van der Waals surface area (Å²) in [5.74, 6) is -0.725. The van der Waals surface area contributed by atoms with Crippen LogP contribution in [0.3, 0.4) is 0 Å². The molecule has 1 aliphatic heterocycles. The minimum atomic E-state index is -0.648. The predicted molar refractivity (Wildman–Crippen MR) is 143 cm³/mol. The van der Waals surface area contributed by atoms with Crippen LogP contribution in [-0.4, -0.2) is 52.8 Å². The molecule has 1 fully saturated rings. The predicted octanol–water partition coefficient (Wildman–Crippen LogP) is 5.40. The number of aliphatic hydroxyl groups excluding tert-OH is 1. The molecule has 1 N–H and O–H groups in total. The van der Waals surface area contributed by atoms with Crippen LogP contribution in [0.1, 0.15) is 41.5 Å². The van der Waals surface area contributed by atoms with Crippen LogP contribution < -0.4 is 4.74 Å². The molecule has 7 heteroatoms. The zero-order chi connectivity index (χ0) is 25.7. The normalized spacial score (nSPS) is 17.2. The fraction of sp³-hybridized carbons (Fsp3) is 0.310. The molecular formula is C29H32N2O4S. The van der Waals surface area contributed by atoms with Gasteiger partial charge >= 0.3 is 0 Å². The Morgan fingerprint density at radius 1 is 1.03 bits per heavy atom. The van der Waals surface area contributed by atoms with Gasteiger partial charge in [0.1, 0.15) is 18.1 Å². The van der Waals surface area contributed by atoms with Gasteiger partial charge in [0.25, 0.3) is 11.7 Å². The molecular weight excluding hydrogens is 472 g/mol. The quantitative estimate of drug-likeness (QED) is 0.227. The third kappa shape index (κ3) is 5.37. The Balaban J connectivity index is 1.59. The van der Waals surface area contributed by atoms with Crippen LogP contribution in [-0.2, 0) is 16.2 Å². The number of amides is 1. The summed E-state index contributed by atoms with van der Waals surface area (Å²) < 4.78 is 5.91. The Morgan fingerprint density at radius 2 is 1.75 bits per heavy atom. The van der Waals surface area contributed by atoms with Crippen LogP contribution in [0.5, 0.6) is 5.75 Å². The number of thiophene rings is 1. The summed E-state index contributed by atoms with van der Waals surface area (Å²) in [6.45, 7) is 9.43. The van der Waals surface area contributed by atoms with Crippen LogP contribution in [0.25, 0.3) is 5.76 Å². The van der Waals surface area contributed by atoms with E-state index >= 15 is 0 Å². The summed E-state index contributed by atoms with van der Waals surface area (Å²) in [4.78, 5) is 30.8. The van der Waals surface area contributed by atoms with E-state index in [1.54, 1.807) is 29.2 Å². The van der Waals surface area contributed by atoms with E-state index in [-0.39, 0.29) is 11.3 Å². The van der Waals surface area contributed by atoms with E-state index in [4.69, 9.17) is 4.74 Å². The number of carbonyl (C=O) groups is 2. The second-order valence-corrected chi connectivity index (χ2v) is 9.75. The molecule has 1 unspecified atom stereocenters. The number of ether oxygens (including phenoxy) is 1. The van der Waals surface area contributed by atoms with E-state index in [0.29, 0.717) is 31.0 Å². The lowest BCUT2D eigenvalue weighted by Crippen LogP contribution is -2.37. The number of benzene rings is 2. The number of hydrogen-bond acceptors (Lipinski definition) is 6. The zero-order valence-electron chi connectivity index (χ0n) is 20.9. The van der Waals surface area contributed by atoms with E-state index in [9.17, 15) is 14.7 Å². The molecule has 3 aromatic rings. The molecule has 1 aliphatic rings. The number of carbonyl (C=O) groups excluding carboxylic acids is 2. The van der Waals surface area contributed by atoms with Crippen molar-refractivity contribution in [1.82, 2.24) is 9.80 Å². The first-order valence-electron chi connectivity index (χ1n) is 12.3. The number of nitrogens with zero attached hydrogens (tertiary/aromatic N) is 2. The molecule has 1 atom stereocenters. The third-order valence-corrected chi connectivity index (χ3v) is 7.61. The van der Waals surface area contributed by atoms with Crippen LogP contribution >= 0.6 is 11.3 Å². The molecule has 4 rings (SSSR count). The Kier molecular flexibility index (Phi) is 8.23. The fourth-order valence-corrected chi connectivity index (χ4v) is 5.29. The lowest BCUT2D eigenvalue weighted by Gasteiger charge is -2.27. The number of aliphatic hydroxyl groups is 1. The Bertz CT molecular complexity index is 1230. The van der Waals surface area contributed by atoms with Gasteiger partial charge in [0.2, 0.25) is 0 Å². The summed E-state index contributed by atoms with van der Waals surface area (Å²) in [6, 6.07) is 18.2. The first-order chi connectivity index (χ1) is 17.4. The maximum absolute atomic E-state index is 13.1. The molecule has 1 aromatic heterocycles. The summed E-state index contributed by atoms with van der Waals surface area (Å²) >= 11 is 1.47. The Hall–Kier alpha value is -3.42. The topological polar surface area (TPSA) is 70.1 Å². The molecule has 36 heavy (non-hydrogen) atoms. The van der Waals surface area contributed by atoms with Crippen molar-refractivity contribution >= 4 is 28.8 Å². The van der Waals surface area contributed by atoms with Gasteiger partial charge in [0, 0.05) is 23.5 Å². The summed E-state index contributed by atoms with van der Waals surface area (Å²) in [6.07, 6.45) is 0. The fourth-order valence-electron chi connectivity index (χ4n) is 4.44. The molecule has 0 radical (unpaired) electrons. The van der Waals surface area contributed by atoms with E-state index in [0.717, 1.165) is 29.1 Å². The second kappa shape index (κ2) is 11.5. The van der Waals surface area contributed by atoms with Gasteiger partial charge in [0.05, 0.1) is 11.6 Å². The molecule has 0 bridgehead atoms. The monoisotopic (exact) mass is 504 g/mol. The van der Waals surface area contributed by atoms with Gasteiger partial charge in [-0.15, -0.1) is 11.3 Å². The summed E-state index contributed by atoms with van der Waals surface area (Å²) in [7, 11) is 0. The minimum absolute atomic E-state index is 0.135. The molecule has 2 heterocycles. The van der Waals surface area contributed by atoms with E-state index in [1.807, 2.05) is 48.7 Å². The lowest BCUT2D eigenvalue weighted by molar-refractivity contribution is -0.140. The van der Waals surface area contributed by atoms with Crippen LogP contribution in [0.4, 0.5) is 0 Å². The van der Waals surface area contributed by atoms with Gasteiger partial charge in [-0.05, 0) is 66.9 Å². The van der Waals surface area contributed by atoms with Crippen LogP contribution in [0.2, 0.25) is 0 Å². The van der Waals surface area contributed by atoms with Crippen LogP contribution in [0, 0.1) is 6.92 Å². The molecule has 0 aliphatic carbocycles. The number of hydrogen-bond donors (Lipinski definition) is 1. The average Bonchev–Trinajstić information content (AvgIpc) is 3.51. The lowest BCUT2D eigenvalue weighted by atomic mass is 10.00. The van der Waals surface area contributed by atoms with Gasteiger partial charge in [-0.1, -0.05) is 44.2 Å². The summed E-state index contributed by atoms with van der Waals surface area (Å²) in [5.41, 5.74) is 2.87. The van der Waals surface area contributed by atoms with Crippen LogP contribution in [0.15, 0.2) is 71.6 Å². The van der Waals surface area contributed by atoms with Crippen molar-refractivity contribution in [2.24, 2.45) is 0 Å². The smallest absolute Gasteiger partial charge is 0.295 e. The van der Waals surface area contributed by atoms with Crippen molar-refractivity contribution in [1.29, 1.82) is 0 Å². The molecule has 1 saturated heterocycles. The van der Waals surface area contributed by atoms with E-state index in [1.165, 1.54) is 11.3 Å². The number of rotatable bonds is 10. The van der Waals surface area contributed by atoms with E-state index < -0.39 is 17.7 Å².